The zero-order valence-corrected chi connectivity index (χ0v) is 9.12. The first-order valence-electron chi connectivity index (χ1n) is 5.03. The number of esters is 1. The molecule has 0 aliphatic heterocycles. The normalized spacial score (nSPS) is 27.4. The van der Waals surface area contributed by atoms with Gasteiger partial charge >= 0.3 is 5.97 Å². The van der Waals surface area contributed by atoms with Gasteiger partial charge < -0.3 is 10.5 Å². The van der Waals surface area contributed by atoms with E-state index in [0.29, 0.717) is 6.42 Å². The van der Waals surface area contributed by atoms with Crippen molar-refractivity contribution >= 4 is 5.97 Å². The lowest BCUT2D eigenvalue weighted by molar-refractivity contribution is -0.160. The van der Waals surface area contributed by atoms with Crippen LogP contribution in [0.15, 0.2) is 12.2 Å². The van der Waals surface area contributed by atoms with Crippen LogP contribution in [-0.2, 0) is 9.53 Å². The molecule has 80 valence electrons. The number of nitrogens with two attached hydrogens (primary N) is 1. The molecule has 2 N–H and O–H groups in total. The van der Waals surface area contributed by atoms with E-state index in [-0.39, 0.29) is 17.9 Å². The first kappa shape index (κ1) is 11.2. The van der Waals surface area contributed by atoms with Crippen molar-refractivity contribution in [2.45, 2.75) is 45.3 Å². The second-order valence-corrected chi connectivity index (χ2v) is 4.79. The summed E-state index contributed by atoms with van der Waals surface area (Å²) in [7, 11) is 0. The van der Waals surface area contributed by atoms with E-state index in [9.17, 15) is 4.79 Å². The number of carbonyl (C=O) groups is 1. The average molecular weight is 197 g/mol. The summed E-state index contributed by atoms with van der Waals surface area (Å²) in [4.78, 5) is 11.6. The molecule has 0 spiro atoms. The monoisotopic (exact) mass is 197 g/mol. The van der Waals surface area contributed by atoms with Crippen LogP contribution in [0.3, 0.4) is 0 Å². The number of hydrogen-bond donors (Lipinski definition) is 1. The molecule has 0 heterocycles. The molecule has 0 fully saturated rings. The highest BCUT2D eigenvalue weighted by Gasteiger charge is 2.27. The molecule has 2 atom stereocenters. The lowest BCUT2D eigenvalue weighted by Crippen LogP contribution is -2.33. The van der Waals surface area contributed by atoms with Crippen molar-refractivity contribution in [3.63, 3.8) is 0 Å². The summed E-state index contributed by atoms with van der Waals surface area (Å²) >= 11 is 0. The standard InChI is InChI=1S/C11H19NO2/c1-11(2,3)14-10(13)8-5-4-6-9(12)7-8/h4,6,8-9H,5,7,12H2,1-3H3/t8-,9+/m0/s1. The summed E-state index contributed by atoms with van der Waals surface area (Å²) in [5.41, 5.74) is 5.33. The van der Waals surface area contributed by atoms with Gasteiger partial charge in [-0.25, -0.2) is 0 Å². The van der Waals surface area contributed by atoms with Crippen LogP contribution < -0.4 is 5.73 Å². The van der Waals surface area contributed by atoms with Gasteiger partial charge in [0, 0.05) is 6.04 Å². The maximum absolute atomic E-state index is 11.6. The van der Waals surface area contributed by atoms with Crippen molar-refractivity contribution in [2.75, 3.05) is 0 Å². The average Bonchev–Trinajstić information content (AvgIpc) is 2.01. The minimum atomic E-state index is -0.400. The zero-order valence-electron chi connectivity index (χ0n) is 9.12. The smallest absolute Gasteiger partial charge is 0.309 e. The van der Waals surface area contributed by atoms with E-state index < -0.39 is 5.60 Å². The van der Waals surface area contributed by atoms with E-state index in [2.05, 4.69) is 0 Å². The molecule has 1 aliphatic rings. The summed E-state index contributed by atoms with van der Waals surface area (Å²) in [5.74, 6) is -0.188. The fourth-order valence-electron chi connectivity index (χ4n) is 1.50. The lowest BCUT2D eigenvalue weighted by Gasteiger charge is -2.26. The predicted molar refractivity (Wildman–Crippen MR) is 55.7 cm³/mol. The molecule has 0 aromatic rings. The van der Waals surface area contributed by atoms with E-state index in [0.717, 1.165) is 6.42 Å². The molecular weight excluding hydrogens is 178 g/mol. The Bertz CT molecular complexity index is 240. The Kier molecular flexibility index (Phi) is 3.32. The molecule has 14 heavy (non-hydrogen) atoms. The number of hydrogen-bond acceptors (Lipinski definition) is 3. The first-order chi connectivity index (χ1) is 6.38. The summed E-state index contributed by atoms with van der Waals surface area (Å²) in [6, 6.07) is 0.00117. The van der Waals surface area contributed by atoms with Gasteiger partial charge in [-0.2, -0.15) is 0 Å². The third kappa shape index (κ3) is 3.50. The van der Waals surface area contributed by atoms with Gasteiger partial charge in [0.2, 0.25) is 0 Å². The van der Waals surface area contributed by atoms with Crippen molar-refractivity contribution in [3.8, 4) is 0 Å². The highest BCUT2D eigenvalue weighted by Crippen LogP contribution is 2.21. The van der Waals surface area contributed by atoms with E-state index in [1.54, 1.807) is 0 Å². The van der Waals surface area contributed by atoms with Crippen LogP contribution in [0.5, 0.6) is 0 Å². The van der Waals surface area contributed by atoms with Gasteiger partial charge in [-0.3, -0.25) is 4.79 Å². The van der Waals surface area contributed by atoms with Gasteiger partial charge in [0.25, 0.3) is 0 Å². The predicted octanol–water partition coefficient (Wildman–Crippen LogP) is 1.62. The van der Waals surface area contributed by atoms with Gasteiger partial charge in [0.05, 0.1) is 5.92 Å². The van der Waals surface area contributed by atoms with E-state index in [1.807, 2.05) is 32.9 Å². The Morgan fingerprint density at radius 1 is 1.50 bits per heavy atom. The molecule has 3 nitrogen and oxygen atoms in total. The highest BCUT2D eigenvalue weighted by molar-refractivity contribution is 5.73. The quantitative estimate of drug-likeness (QED) is 0.513. The Morgan fingerprint density at radius 2 is 2.14 bits per heavy atom. The van der Waals surface area contributed by atoms with Gasteiger partial charge in [-0.1, -0.05) is 12.2 Å². The Balaban J connectivity index is 2.50. The van der Waals surface area contributed by atoms with Crippen molar-refractivity contribution < 1.29 is 9.53 Å². The Hall–Kier alpha value is -0.830. The SMILES string of the molecule is CC(C)(C)OC(=O)[C@H]1CC=C[C@@H](N)C1. The molecule has 0 saturated carbocycles. The van der Waals surface area contributed by atoms with Gasteiger partial charge in [-0.05, 0) is 33.6 Å². The van der Waals surface area contributed by atoms with Crippen molar-refractivity contribution in [3.05, 3.63) is 12.2 Å². The van der Waals surface area contributed by atoms with Crippen molar-refractivity contribution in [1.29, 1.82) is 0 Å². The molecule has 0 bridgehead atoms. The number of carbonyl (C=O) groups excluding carboxylic acids is 1. The number of ether oxygens (including phenoxy) is 1. The summed E-state index contributed by atoms with van der Waals surface area (Å²) in [6.45, 7) is 5.64. The third-order valence-electron chi connectivity index (χ3n) is 2.10. The minimum absolute atomic E-state index is 0.00117. The molecule has 1 aliphatic carbocycles. The van der Waals surface area contributed by atoms with Crippen molar-refractivity contribution in [2.24, 2.45) is 11.7 Å². The fraction of sp³-hybridized carbons (Fsp3) is 0.727. The lowest BCUT2D eigenvalue weighted by atomic mass is 9.91. The van der Waals surface area contributed by atoms with E-state index >= 15 is 0 Å². The number of rotatable bonds is 1. The topological polar surface area (TPSA) is 52.3 Å². The van der Waals surface area contributed by atoms with Gasteiger partial charge in [0.15, 0.2) is 0 Å². The molecule has 0 aromatic carbocycles. The summed E-state index contributed by atoms with van der Waals surface area (Å²) in [6.07, 6.45) is 5.36. The highest BCUT2D eigenvalue weighted by atomic mass is 16.6. The zero-order chi connectivity index (χ0) is 10.8. The Labute approximate surface area is 85.3 Å². The third-order valence-corrected chi connectivity index (χ3v) is 2.10. The van der Waals surface area contributed by atoms with Crippen LogP contribution in [0.1, 0.15) is 33.6 Å². The summed E-state index contributed by atoms with van der Waals surface area (Å²) < 4.78 is 5.30. The second kappa shape index (κ2) is 4.13. The minimum Gasteiger partial charge on any atom is -0.460 e. The fourth-order valence-corrected chi connectivity index (χ4v) is 1.50. The van der Waals surface area contributed by atoms with Gasteiger partial charge in [-0.15, -0.1) is 0 Å². The van der Waals surface area contributed by atoms with Crippen LogP contribution >= 0.6 is 0 Å². The molecule has 1 rings (SSSR count). The van der Waals surface area contributed by atoms with E-state index in [1.165, 1.54) is 0 Å². The molecule has 0 unspecified atom stereocenters. The van der Waals surface area contributed by atoms with Crippen LogP contribution in [0.2, 0.25) is 0 Å². The molecule has 0 amide bonds. The van der Waals surface area contributed by atoms with Crippen LogP contribution in [0.25, 0.3) is 0 Å². The molecule has 0 saturated heterocycles. The molecular formula is C11H19NO2. The van der Waals surface area contributed by atoms with Crippen molar-refractivity contribution in [1.82, 2.24) is 0 Å². The molecule has 0 radical (unpaired) electrons. The summed E-state index contributed by atoms with van der Waals surface area (Å²) in [5, 5.41) is 0. The van der Waals surface area contributed by atoms with Crippen LogP contribution in [0.4, 0.5) is 0 Å². The maximum atomic E-state index is 11.6. The van der Waals surface area contributed by atoms with Gasteiger partial charge in [0.1, 0.15) is 5.60 Å². The largest absolute Gasteiger partial charge is 0.460 e. The maximum Gasteiger partial charge on any atom is 0.309 e. The number of allylic oxidation sites excluding steroid dienone is 1. The Morgan fingerprint density at radius 3 is 2.64 bits per heavy atom. The second-order valence-electron chi connectivity index (χ2n) is 4.79. The molecule has 0 aromatic heterocycles. The van der Waals surface area contributed by atoms with Crippen LogP contribution in [0, 0.1) is 5.92 Å². The van der Waals surface area contributed by atoms with E-state index in [4.69, 9.17) is 10.5 Å². The first-order valence-corrected chi connectivity index (χ1v) is 5.03. The van der Waals surface area contributed by atoms with Crippen LogP contribution in [-0.4, -0.2) is 17.6 Å². The molecule has 3 heteroatoms.